The molecular weight excluding hydrogens is 220 g/mol. The number of carbonyl (C=O) groups is 2. The quantitative estimate of drug-likeness (QED) is 0.649. The predicted molar refractivity (Wildman–Crippen MR) is 64.8 cm³/mol. The Morgan fingerprint density at radius 2 is 2.24 bits per heavy atom. The zero-order chi connectivity index (χ0) is 12.7. The van der Waals surface area contributed by atoms with Gasteiger partial charge in [-0.25, -0.2) is 0 Å². The zero-order valence-electron chi connectivity index (χ0n) is 10.4. The van der Waals surface area contributed by atoms with Crippen LogP contribution in [-0.4, -0.2) is 47.6 Å². The minimum absolute atomic E-state index is 0.00298. The summed E-state index contributed by atoms with van der Waals surface area (Å²) in [5, 5.41) is 11.4. The number of nitrogens with zero attached hydrogens (tertiary/aromatic N) is 1. The molecule has 0 spiro atoms. The number of aliphatic carboxylic acids is 1. The van der Waals surface area contributed by atoms with E-state index in [9.17, 15) is 9.59 Å². The molecule has 1 atom stereocenters. The molecule has 1 heterocycles. The van der Waals surface area contributed by atoms with Gasteiger partial charge in [0.1, 0.15) is 0 Å². The van der Waals surface area contributed by atoms with Crippen LogP contribution in [0.5, 0.6) is 0 Å². The standard InChI is InChI=1S/C12H22N2O3/c1-2-10-12(17)13-7-9-14(10)8-5-3-4-6-11(15)16/h10H,2-9H2,1H3,(H,13,17)(H,15,16). The summed E-state index contributed by atoms with van der Waals surface area (Å²) in [5.74, 6) is -0.599. The van der Waals surface area contributed by atoms with Crippen molar-refractivity contribution in [3.63, 3.8) is 0 Å². The van der Waals surface area contributed by atoms with Crippen LogP contribution in [-0.2, 0) is 9.59 Å². The monoisotopic (exact) mass is 242 g/mol. The summed E-state index contributed by atoms with van der Waals surface area (Å²) in [6.07, 6.45) is 3.70. The third-order valence-corrected chi connectivity index (χ3v) is 3.16. The van der Waals surface area contributed by atoms with Crippen LogP contribution in [0.2, 0.25) is 0 Å². The lowest BCUT2D eigenvalue weighted by atomic mass is 10.1. The number of carboxylic acid groups (broad SMARTS) is 1. The van der Waals surface area contributed by atoms with E-state index in [0.717, 1.165) is 45.3 Å². The average molecular weight is 242 g/mol. The number of hydrogen-bond acceptors (Lipinski definition) is 3. The second-order valence-electron chi connectivity index (χ2n) is 4.46. The van der Waals surface area contributed by atoms with Gasteiger partial charge in [0.2, 0.25) is 5.91 Å². The highest BCUT2D eigenvalue weighted by molar-refractivity contribution is 5.82. The summed E-state index contributed by atoms with van der Waals surface area (Å²) >= 11 is 0. The van der Waals surface area contributed by atoms with E-state index in [1.165, 1.54) is 0 Å². The van der Waals surface area contributed by atoms with Crippen LogP contribution in [0.3, 0.4) is 0 Å². The second-order valence-corrected chi connectivity index (χ2v) is 4.46. The van der Waals surface area contributed by atoms with Crippen molar-refractivity contribution in [2.75, 3.05) is 19.6 Å². The Hall–Kier alpha value is -1.10. The van der Waals surface area contributed by atoms with E-state index in [-0.39, 0.29) is 18.4 Å². The first-order valence-electron chi connectivity index (χ1n) is 6.38. The molecule has 0 bridgehead atoms. The van der Waals surface area contributed by atoms with Gasteiger partial charge in [0.25, 0.3) is 0 Å². The molecule has 5 heteroatoms. The van der Waals surface area contributed by atoms with E-state index in [4.69, 9.17) is 5.11 Å². The molecule has 1 saturated heterocycles. The molecule has 1 aliphatic rings. The normalized spacial score (nSPS) is 21.2. The van der Waals surface area contributed by atoms with Crippen LogP contribution in [0, 0.1) is 0 Å². The Labute approximate surface area is 102 Å². The topological polar surface area (TPSA) is 69.6 Å². The number of piperazine rings is 1. The molecular formula is C12H22N2O3. The summed E-state index contributed by atoms with van der Waals surface area (Å²) in [7, 11) is 0. The van der Waals surface area contributed by atoms with Crippen LogP contribution in [0.25, 0.3) is 0 Å². The third-order valence-electron chi connectivity index (χ3n) is 3.16. The first-order valence-corrected chi connectivity index (χ1v) is 6.38. The number of carbonyl (C=O) groups excluding carboxylic acids is 1. The molecule has 5 nitrogen and oxygen atoms in total. The van der Waals surface area contributed by atoms with Gasteiger partial charge < -0.3 is 10.4 Å². The molecule has 1 amide bonds. The van der Waals surface area contributed by atoms with Gasteiger partial charge in [-0.2, -0.15) is 0 Å². The summed E-state index contributed by atoms with van der Waals surface area (Å²) in [5.41, 5.74) is 0. The Kier molecular flexibility index (Phi) is 5.97. The average Bonchev–Trinajstić information content (AvgIpc) is 2.28. The number of nitrogens with one attached hydrogen (secondary N) is 1. The Bertz CT molecular complexity index is 268. The largest absolute Gasteiger partial charge is 0.481 e. The van der Waals surface area contributed by atoms with Crippen LogP contribution in [0.1, 0.15) is 39.0 Å². The third kappa shape index (κ3) is 4.73. The number of unbranched alkanes of at least 4 members (excludes halogenated alkanes) is 2. The summed E-state index contributed by atoms with van der Waals surface area (Å²) < 4.78 is 0. The molecule has 1 rings (SSSR count). The van der Waals surface area contributed by atoms with E-state index in [1.807, 2.05) is 6.92 Å². The van der Waals surface area contributed by atoms with Crippen molar-refractivity contribution in [1.29, 1.82) is 0 Å². The van der Waals surface area contributed by atoms with E-state index in [1.54, 1.807) is 0 Å². The van der Waals surface area contributed by atoms with Crippen molar-refractivity contribution >= 4 is 11.9 Å². The molecule has 0 radical (unpaired) electrons. The first kappa shape index (κ1) is 14.0. The van der Waals surface area contributed by atoms with Gasteiger partial charge in [-0.05, 0) is 25.8 Å². The van der Waals surface area contributed by atoms with Crippen molar-refractivity contribution < 1.29 is 14.7 Å². The molecule has 0 aromatic carbocycles. The van der Waals surface area contributed by atoms with Crippen molar-refractivity contribution in [2.45, 2.75) is 45.1 Å². The highest BCUT2D eigenvalue weighted by Crippen LogP contribution is 2.10. The number of amides is 1. The summed E-state index contributed by atoms with van der Waals surface area (Å²) in [6, 6.07) is 0.00298. The van der Waals surface area contributed by atoms with Gasteiger partial charge in [0.05, 0.1) is 6.04 Å². The van der Waals surface area contributed by atoms with E-state index >= 15 is 0 Å². The van der Waals surface area contributed by atoms with Crippen LogP contribution >= 0.6 is 0 Å². The van der Waals surface area contributed by atoms with Crippen molar-refractivity contribution in [2.24, 2.45) is 0 Å². The minimum Gasteiger partial charge on any atom is -0.481 e. The van der Waals surface area contributed by atoms with Gasteiger partial charge in [0.15, 0.2) is 0 Å². The summed E-state index contributed by atoms with van der Waals surface area (Å²) in [6.45, 7) is 4.55. The molecule has 0 aliphatic carbocycles. The lowest BCUT2D eigenvalue weighted by Gasteiger charge is -2.34. The maximum Gasteiger partial charge on any atom is 0.303 e. The first-order chi connectivity index (χ1) is 8.15. The van der Waals surface area contributed by atoms with E-state index in [2.05, 4.69) is 10.2 Å². The maximum atomic E-state index is 11.6. The summed E-state index contributed by atoms with van der Waals surface area (Å²) in [4.78, 5) is 24.1. The molecule has 0 saturated carbocycles. The van der Waals surface area contributed by atoms with Crippen molar-refractivity contribution in [3.05, 3.63) is 0 Å². The van der Waals surface area contributed by atoms with Gasteiger partial charge in [-0.15, -0.1) is 0 Å². The van der Waals surface area contributed by atoms with Gasteiger partial charge in [-0.1, -0.05) is 13.3 Å². The number of carboxylic acids is 1. The van der Waals surface area contributed by atoms with Crippen LogP contribution in [0.15, 0.2) is 0 Å². The molecule has 0 aromatic heterocycles. The smallest absolute Gasteiger partial charge is 0.303 e. The molecule has 2 N–H and O–H groups in total. The number of rotatable bonds is 7. The highest BCUT2D eigenvalue weighted by Gasteiger charge is 2.27. The van der Waals surface area contributed by atoms with Crippen molar-refractivity contribution in [3.8, 4) is 0 Å². The Balaban J connectivity index is 2.20. The minimum atomic E-state index is -0.728. The van der Waals surface area contributed by atoms with Crippen molar-refractivity contribution in [1.82, 2.24) is 10.2 Å². The number of hydrogen-bond donors (Lipinski definition) is 2. The van der Waals surface area contributed by atoms with Crippen LogP contribution < -0.4 is 5.32 Å². The van der Waals surface area contributed by atoms with Gasteiger partial charge in [0, 0.05) is 19.5 Å². The highest BCUT2D eigenvalue weighted by atomic mass is 16.4. The van der Waals surface area contributed by atoms with Gasteiger partial charge >= 0.3 is 5.97 Å². The predicted octanol–water partition coefficient (Wildman–Crippen LogP) is 0.842. The molecule has 1 fully saturated rings. The molecule has 17 heavy (non-hydrogen) atoms. The zero-order valence-corrected chi connectivity index (χ0v) is 10.4. The fourth-order valence-corrected chi connectivity index (χ4v) is 2.24. The Morgan fingerprint density at radius 1 is 1.47 bits per heavy atom. The second kappa shape index (κ2) is 7.27. The lowest BCUT2D eigenvalue weighted by Crippen LogP contribution is -2.55. The lowest BCUT2D eigenvalue weighted by molar-refractivity contribution is -0.137. The fraction of sp³-hybridized carbons (Fsp3) is 0.833. The molecule has 1 aliphatic heterocycles. The van der Waals surface area contributed by atoms with Gasteiger partial charge in [-0.3, -0.25) is 14.5 Å². The SMILES string of the molecule is CCC1C(=O)NCCN1CCCCCC(=O)O. The maximum absolute atomic E-state index is 11.6. The van der Waals surface area contributed by atoms with E-state index < -0.39 is 5.97 Å². The van der Waals surface area contributed by atoms with Crippen LogP contribution in [0.4, 0.5) is 0 Å². The molecule has 98 valence electrons. The molecule has 1 unspecified atom stereocenters. The fourth-order valence-electron chi connectivity index (χ4n) is 2.24. The molecule has 0 aromatic rings. The Morgan fingerprint density at radius 3 is 2.88 bits per heavy atom. The van der Waals surface area contributed by atoms with E-state index in [0.29, 0.717) is 0 Å².